The fraction of sp³-hybridized carbons (Fsp3) is 0.160. The SMILES string of the molecule is COc1ccccc1N1C=C(c2ccc(-c3ccccc3)cc2)N2CCCN=C21. The summed E-state index contributed by atoms with van der Waals surface area (Å²) in [6, 6.07) is 27.4. The lowest BCUT2D eigenvalue weighted by molar-refractivity contribution is 0.416. The van der Waals surface area contributed by atoms with Crippen molar-refractivity contribution in [2.24, 2.45) is 4.99 Å². The second kappa shape index (κ2) is 7.47. The van der Waals surface area contributed by atoms with E-state index in [2.05, 4.69) is 70.6 Å². The van der Waals surface area contributed by atoms with Gasteiger partial charge in [0.15, 0.2) is 0 Å². The third-order valence-electron chi connectivity index (χ3n) is 5.42. The standard InChI is InChI=1S/C25H23N3O/c1-29-24-11-6-5-10-22(24)28-18-23(27-17-7-16-26-25(27)28)21-14-12-20(13-15-21)19-8-3-2-4-9-19/h2-6,8-15,18H,7,16-17H2,1H3. The van der Waals surface area contributed by atoms with Crippen LogP contribution in [0.25, 0.3) is 16.8 Å². The van der Waals surface area contributed by atoms with E-state index >= 15 is 0 Å². The molecule has 0 bridgehead atoms. The number of hydrogen-bond donors (Lipinski definition) is 0. The number of guanidine groups is 1. The van der Waals surface area contributed by atoms with E-state index in [-0.39, 0.29) is 0 Å². The number of hydrogen-bond acceptors (Lipinski definition) is 4. The fourth-order valence-corrected chi connectivity index (χ4v) is 3.98. The van der Waals surface area contributed by atoms with E-state index in [1.807, 2.05) is 24.3 Å². The van der Waals surface area contributed by atoms with Crippen LogP contribution in [0, 0.1) is 0 Å². The predicted molar refractivity (Wildman–Crippen MR) is 119 cm³/mol. The lowest BCUT2D eigenvalue weighted by atomic mass is 10.0. The van der Waals surface area contributed by atoms with Crippen molar-refractivity contribution in [3.63, 3.8) is 0 Å². The zero-order valence-electron chi connectivity index (χ0n) is 16.5. The van der Waals surface area contributed by atoms with E-state index in [1.54, 1.807) is 7.11 Å². The molecule has 0 saturated heterocycles. The number of para-hydroxylation sites is 2. The van der Waals surface area contributed by atoms with Gasteiger partial charge in [-0.3, -0.25) is 9.89 Å². The van der Waals surface area contributed by atoms with Gasteiger partial charge in [-0.15, -0.1) is 0 Å². The molecule has 29 heavy (non-hydrogen) atoms. The highest BCUT2D eigenvalue weighted by Gasteiger charge is 2.32. The van der Waals surface area contributed by atoms with Gasteiger partial charge in [0.05, 0.1) is 18.5 Å². The molecule has 144 valence electrons. The Labute approximate surface area is 171 Å². The molecule has 0 radical (unpaired) electrons. The van der Waals surface area contributed by atoms with Crippen molar-refractivity contribution < 1.29 is 4.74 Å². The van der Waals surface area contributed by atoms with Gasteiger partial charge in [0.25, 0.3) is 0 Å². The summed E-state index contributed by atoms with van der Waals surface area (Å²) in [6.45, 7) is 1.82. The maximum Gasteiger partial charge on any atom is 0.210 e. The molecule has 0 N–H and O–H groups in total. The third kappa shape index (κ3) is 3.17. The maximum atomic E-state index is 5.60. The maximum absolute atomic E-state index is 5.60. The minimum absolute atomic E-state index is 0.845. The van der Waals surface area contributed by atoms with Crippen molar-refractivity contribution in [1.82, 2.24) is 4.90 Å². The number of nitrogens with zero attached hydrogens (tertiary/aromatic N) is 3. The van der Waals surface area contributed by atoms with Crippen LogP contribution in [-0.4, -0.2) is 31.1 Å². The Morgan fingerprint density at radius 2 is 1.48 bits per heavy atom. The van der Waals surface area contributed by atoms with Crippen LogP contribution in [0.5, 0.6) is 5.75 Å². The number of ether oxygens (including phenoxy) is 1. The van der Waals surface area contributed by atoms with Crippen LogP contribution in [0.3, 0.4) is 0 Å². The number of rotatable bonds is 4. The average molecular weight is 381 g/mol. The van der Waals surface area contributed by atoms with E-state index < -0.39 is 0 Å². The Hall–Kier alpha value is -3.53. The first-order valence-electron chi connectivity index (χ1n) is 9.97. The first-order valence-corrected chi connectivity index (χ1v) is 9.97. The number of aliphatic imine (C=N–C) groups is 1. The van der Waals surface area contributed by atoms with E-state index in [1.165, 1.54) is 22.4 Å². The van der Waals surface area contributed by atoms with E-state index in [0.717, 1.165) is 36.9 Å². The van der Waals surface area contributed by atoms with Crippen LogP contribution >= 0.6 is 0 Å². The highest BCUT2D eigenvalue weighted by molar-refractivity contribution is 6.09. The average Bonchev–Trinajstić information content (AvgIpc) is 3.19. The molecule has 2 aliphatic rings. The molecule has 0 aromatic heterocycles. The Bertz CT molecular complexity index is 1070. The van der Waals surface area contributed by atoms with Gasteiger partial charge in [0.1, 0.15) is 5.75 Å². The van der Waals surface area contributed by atoms with Gasteiger partial charge >= 0.3 is 0 Å². The second-order valence-electron chi connectivity index (χ2n) is 7.19. The van der Waals surface area contributed by atoms with Crippen LogP contribution in [0.1, 0.15) is 12.0 Å². The number of benzene rings is 3. The van der Waals surface area contributed by atoms with Crippen LogP contribution in [0.2, 0.25) is 0 Å². The van der Waals surface area contributed by atoms with Crippen LogP contribution in [0.4, 0.5) is 5.69 Å². The van der Waals surface area contributed by atoms with E-state index in [4.69, 9.17) is 9.73 Å². The van der Waals surface area contributed by atoms with Gasteiger partial charge in [-0.1, -0.05) is 66.7 Å². The van der Waals surface area contributed by atoms with Gasteiger partial charge in [-0.25, -0.2) is 0 Å². The third-order valence-corrected chi connectivity index (χ3v) is 5.42. The first kappa shape index (κ1) is 17.6. The summed E-state index contributed by atoms with van der Waals surface area (Å²) in [5.74, 6) is 1.82. The molecule has 0 atom stereocenters. The molecule has 0 saturated carbocycles. The number of methoxy groups -OCH3 is 1. The minimum Gasteiger partial charge on any atom is -0.495 e. The monoisotopic (exact) mass is 381 g/mol. The molecule has 0 unspecified atom stereocenters. The highest BCUT2D eigenvalue weighted by Crippen LogP contribution is 2.37. The second-order valence-corrected chi connectivity index (χ2v) is 7.19. The van der Waals surface area contributed by atoms with E-state index in [0.29, 0.717) is 0 Å². The quantitative estimate of drug-likeness (QED) is 0.618. The summed E-state index contributed by atoms with van der Waals surface area (Å²) in [5, 5.41) is 0. The molecule has 0 aliphatic carbocycles. The van der Waals surface area contributed by atoms with Crippen LogP contribution < -0.4 is 9.64 Å². The summed E-state index contributed by atoms with van der Waals surface area (Å²) in [7, 11) is 1.71. The Balaban J connectivity index is 1.54. The van der Waals surface area contributed by atoms with Crippen molar-refractivity contribution in [3.05, 3.63) is 90.6 Å². The van der Waals surface area contributed by atoms with Crippen molar-refractivity contribution in [2.75, 3.05) is 25.1 Å². The molecule has 0 amide bonds. The Morgan fingerprint density at radius 1 is 0.793 bits per heavy atom. The largest absolute Gasteiger partial charge is 0.495 e. The summed E-state index contributed by atoms with van der Waals surface area (Å²) >= 11 is 0. The summed E-state index contributed by atoms with van der Waals surface area (Å²) in [5.41, 5.74) is 5.83. The molecule has 3 aromatic carbocycles. The van der Waals surface area contributed by atoms with Crippen LogP contribution in [0.15, 0.2) is 90.1 Å². The molecular weight excluding hydrogens is 358 g/mol. The predicted octanol–water partition coefficient (Wildman–Crippen LogP) is 5.24. The van der Waals surface area contributed by atoms with Crippen molar-refractivity contribution >= 4 is 17.3 Å². The van der Waals surface area contributed by atoms with Gasteiger partial charge in [-0.2, -0.15) is 0 Å². The summed E-state index contributed by atoms with van der Waals surface area (Å²) in [4.78, 5) is 9.29. The van der Waals surface area contributed by atoms with Crippen molar-refractivity contribution in [1.29, 1.82) is 0 Å². The number of anilines is 1. The molecule has 0 spiro atoms. The van der Waals surface area contributed by atoms with Crippen molar-refractivity contribution in [2.45, 2.75) is 6.42 Å². The number of fused-ring (bicyclic) bond motifs is 1. The van der Waals surface area contributed by atoms with Gasteiger partial charge < -0.3 is 9.64 Å². The van der Waals surface area contributed by atoms with Gasteiger partial charge in [-0.05, 0) is 35.2 Å². The lowest BCUT2D eigenvalue weighted by Gasteiger charge is -2.29. The smallest absolute Gasteiger partial charge is 0.210 e. The summed E-state index contributed by atoms with van der Waals surface area (Å²) in [6.07, 6.45) is 3.24. The zero-order chi connectivity index (χ0) is 19.6. The normalized spacial score (nSPS) is 15.6. The molecule has 5 rings (SSSR count). The van der Waals surface area contributed by atoms with Gasteiger partial charge in [0.2, 0.25) is 5.96 Å². The Kier molecular flexibility index (Phi) is 4.53. The molecule has 4 nitrogen and oxygen atoms in total. The lowest BCUT2D eigenvalue weighted by Crippen LogP contribution is -2.38. The zero-order valence-corrected chi connectivity index (χ0v) is 16.5. The van der Waals surface area contributed by atoms with E-state index in [9.17, 15) is 0 Å². The minimum atomic E-state index is 0.845. The Morgan fingerprint density at radius 3 is 2.28 bits per heavy atom. The van der Waals surface area contributed by atoms with Crippen molar-refractivity contribution in [3.8, 4) is 16.9 Å². The molecule has 2 aliphatic heterocycles. The fourth-order valence-electron chi connectivity index (χ4n) is 3.98. The molecule has 2 heterocycles. The highest BCUT2D eigenvalue weighted by atomic mass is 16.5. The first-order chi connectivity index (χ1) is 14.3. The van der Waals surface area contributed by atoms with Crippen LogP contribution in [-0.2, 0) is 0 Å². The molecular formula is C25H23N3O. The molecule has 3 aromatic rings. The van der Waals surface area contributed by atoms with Gasteiger partial charge in [0, 0.05) is 19.3 Å². The molecule has 0 fully saturated rings. The summed E-state index contributed by atoms with van der Waals surface area (Å²) < 4.78 is 5.60. The topological polar surface area (TPSA) is 28.1 Å². The molecule has 4 heteroatoms.